The summed E-state index contributed by atoms with van der Waals surface area (Å²) in [5.74, 6) is 12.1. The van der Waals surface area contributed by atoms with Gasteiger partial charge < -0.3 is 19.4 Å². The van der Waals surface area contributed by atoms with Gasteiger partial charge in [-0.2, -0.15) is 23.5 Å². The number of anilines is 2. The van der Waals surface area contributed by atoms with E-state index in [1.807, 2.05) is 72.1 Å². The molecule has 55 heavy (non-hydrogen) atoms. The number of ether oxygens (including phenoxy) is 1. The topological polar surface area (TPSA) is 121 Å². The molecule has 3 amide bonds. The molecule has 3 aromatic heterocycles. The van der Waals surface area contributed by atoms with Crippen LogP contribution < -0.4 is 19.9 Å². The molecule has 1 atom stereocenters. The number of nitrogens with zero attached hydrogens (tertiary/aromatic N) is 6. The van der Waals surface area contributed by atoms with Crippen molar-refractivity contribution in [1.82, 2.24) is 25.2 Å². The number of benzene rings is 1. The number of rotatable bonds is 5. The summed E-state index contributed by atoms with van der Waals surface area (Å²) in [6.07, 6.45) is -0.0919. The van der Waals surface area contributed by atoms with Crippen LogP contribution in [-0.4, -0.2) is 100 Å². The maximum atomic E-state index is 13.1. The number of fused-ring (bicyclic) bond motifs is 1. The fourth-order valence-electron chi connectivity index (χ4n) is 6.23. The quantitative estimate of drug-likeness (QED) is 0.131. The van der Waals surface area contributed by atoms with E-state index in [-0.39, 0.29) is 18.9 Å². The first kappa shape index (κ1) is 41.0. The third-order valence-corrected chi connectivity index (χ3v) is 12.2. The number of imide groups is 1. The zero-order valence-corrected chi connectivity index (χ0v) is 36.4. The monoisotopic (exact) mass is 969 g/mol. The molecule has 3 fully saturated rings. The third kappa shape index (κ3) is 11.0. The van der Waals surface area contributed by atoms with Crippen molar-refractivity contribution in [2.45, 2.75) is 13.0 Å². The summed E-state index contributed by atoms with van der Waals surface area (Å²) in [6.45, 7) is 4.47. The van der Waals surface area contributed by atoms with E-state index in [1.165, 1.54) is 11.5 Å². The summed E-state index contributed by atoms with van der Waals surface area (Å²) in [4.78, 5) is 57.3. The molecule has 8 rings (SSSR count). The molecule has 1 aromatic carbocycles. The first-order valence-electron chi connectivity index (χ1n) is 17.5. The first-order valence-corrected chi connectivity index (χ1v) is 22.2. The van der Waals surface area contributed by atoms with Gasteiger partial charge in [0, 0.05) is 67.8 Å². The zero-order chi connectivity index (χ0) is 38.8. The molecule has 11 nitrogen and oxygen atoms in total. The van der Waals surface area contributed by atoms with Crippen LogP contribution in [0.15, 0.2) is 86.6 Å². The summed E-state index contributed by atoms with van der Waals surface area (Å²) >= 11 is 13.8. The van der Waals surface area contributed by atoms with Crippen molar-refractivity contribution in [3.8, 4) is 17.6 Å². The van der Waals surface area contributed by atoms with E-state index < -0.39 is 17.2 Å². The number of hydrogen-bond acceptors (Lipinski definition) is 11. The number of aromatic nitrogens is 3. The van der Waals surface area contributed by atoms with Crippen LogP contribution in [0.3, 0.4) is 0 Å². The molecule has 4 aliphatic heterocycles. The highest BCUT2D eigenvalue weighted by Gasteiger charge is 2.48. The number of carbonyl (C=O) groups is 3. The van der Waals surface area contributed by atoms with Crippen molar-refractivity contribution in [1.29, 1.82) is 0 Å². The predicted molar refractivity (Wildman–Crippen MR) is 230 cm³/mol. The number of hydrogen-bond donors (Lipinski definition) is 1. The Kier molecular flexibility index (Phi) is 14.5. The number of thioether (sulfide) groups is 2. The van der Waals surface area contributed by atoms with E-state index in [1.54, 1.807) is 30.2 Å². The minimum absolute atomic E-state index is 0.0242. The van der Waals surface area contributed by atoms with E-state index in [2.05, 4.69) is 95.8 Å². The number of halogens is 3. The highest BCUT2D eigenvalue weighted by atomic mass is 79.9. The minimum atomic E-state index is -1.32. The molecule has 0 bridgehead atoms. The smallest absolute Gasteiger partial charge is 0.254 e. The first-order chi connectivity index (χ1) is 26.6. The maximum absolute atomic E-state index is 13.1. The Hall–Kier alpha value is -3.62. The van der Waals surface area contributed by atoms with E-state index in [4.69, 9.17) is 4.74 Å². The number of methoxy groups -OCH3 is 1. The number of amides is 3. The normalized spacial score (nSPS) is 18.9. The van der Waals surface area contributed by atoms with E-state index in [0.717, 1.165) is 68.7 Å². The molecule has 0 spiro atoms. The van der Waals surface area contributed by atoms with Gasteiger partial charge in [-0.3, -0.25) is 19.7 Å². The summed E-state index contributed by atoms with van der Waals surface area (Å²) in [5.41, 5.74) is 0.607. The Bertz CT molecular complexity index is 2070. The van der Waals surface area contributed by atoms with Gasteiger partial charge in [-0.25, -0.2) is 15.0 Å². The van der Waals surface area contributed by atoms with Gasteiger partial charge in [0.2, 0.25) is 11.8 Å². The maximum Gasteiger partial charge on any atom is 0.254 e. The van der Waals surface area contributed by atoms with Gasteiger partial charge in [0.1, 0.15) is 42.3 Å². The number of nitrogens with one attached hydrogen (secondary N) is 1. The molecule has 0 radical (unpaired) electrons. The standard InChI is InChI=1S/C25H24N4O4S.C9H11BrN2S.C5H3Br2N/c1-33-19-6-5-17-15-29(23(31)20(17)13-19)16-25(14-22(30)27-24(25)32)8-7-18-3-2-4-21(26-18)28-9-11-34-12-10-28;10-8-2-1-3-9(11-8)12-4-6-13-7-5-12;6-4-2-1-3-5(7)8-4/h2-6,13H,9-12,14-16H2,1H3,(H,27,30,32);1-3H,4-7H2;1-3H/t25-;;/m1../s1. The lowest BCUT2D eigenvalue weighted by Gasteiger charge is -2.27. The predicted octanol–water partition coefficient (Wildman–Crippen LogP) is 6.69. The van der Waals surface area contributed by atoms with Crippen molar-refractivity contribution in [2.24, 2.45) is 5.41 Å². The molecule has 4 aromatic rings. The average molecular weight is 973 g/mol. The summed E-state index contributed by atoms with van der Waals surface area (Å²) in [5, 5.41) is 2.37. The fourth-order valence-corrected chi connectivity index (χ4v) is 9.29. The van der Waals surface area contributed by atoms with Crippen molar-refractivity contribution in [2.75, 3.05) is 72.6 Å². The van der Waals surface area contributed by atoms with Crippen molar-refractivity contribution >= 4 is 101 Å². The summed E-state index contributed by atoms with van der Waals surface area (Å²) in [7, 11) is 1.55. The molecule has 16 heteroatoms. The van der Waals surface area contributed by atoms with Crippen molar-refractivity contribution in [3.63, 3.8) is 0 Å². The lowest BCUT2D eigenvalue weighted by Crippen LogP contribution is -2.42. The second-order valence-electron chi connectivity index (χ2n) is 12.8. The van der Waals surface area contributed by atoms with Crippen LogP contribution >= 0.6 is 71.3 Å². The Labute approximate surface area is 354 Å². The molecular weight excluding hydrogens is 934 g/mol. The number of pyridine rings is 3. The van der Waals surface area contributed by atoms with Gasteiger partial charge in [0.05, 0.1) is 13.5 Å². The SMILES string of the molecule is Brc1cccc(Br)n1.Brc1cccc(N2CCSCC2)n1.COc1ccc2c(c1)C(=O)N(C[C@@]1(C#Cc3cccc(N4CCSCC4)n3)CC(=O)NC1=O)C2. The molecule has 286 valence electrons. The molecule has 0 unspecified atom stereocenters. The Morgan fingerprint density at radius 1 is 0.782 bits per heavy atom. The fraction of sp³-hybridized carbons (Fsp3) is 0.333. The van der Waals surface area contributed by atoms with Gasteiger partial charge in [0.25, 0.3) is 5.91 Å². The van der Waals surface area contributed by atoms with E-state index in [0.29, 0.717) is 23.6 Å². The molecule has 4 aliphatic rings. The van der Waals surface area contributed by atoms with Crippen LogP contribution in [0.1, 0.15) is 28.0 Å². The molecule has 1 N–H and O–H groups in total. The minimum Gasteiger partial charge on any atom is -0.497 e. The average Bonchev–Trinajstić information content (AvgIpc) is 3.67. The van der Waals surface area contributed by atoms with Crippen LogP contribution in [0, 0.1) is 17.3 Å². The Morgan fingerprint density at radius 2 is 1.36 bits per heavy atom. The van der Waals surface area contributed by atoms with E-state index in [9.17, 15) is 14.4 Å². The molecule has 7 heterocycles. The molecular formula is C39H38Br3N7O4S2. The van der Waals surface area contributed by atoms with Crippen LogP contribution in [0.2, 0.25) is 0 Å². The van der Waals surface area contributed by atoms with Crippen LogP contribution in [0.5, 0.6) is 5.75 Å². The van der Waals surface area contributed by atoms with Gasteiger partial charge in [-0.1, -0.05) is 30.2 Å². The lowest BCUT2D eigenvalue weighted by molar-refractivity contribution is -0.127. The summed E-state index contributed by atoms with van der Waals surface area (Å²) < 4.78 is 7.86. The van der Waals surface area contributed by atoms with Crippen LogP contribution in [0.25, 0.3) is 0 Å². The van der Waals surface area contributed by atoms with Crippen LogP contribution in [0.4, 0.5) is 11.6 Å². The molecule has 0 saturated carbocycles. The van der Waals surface area contributed by atoms with Gasteiger partial charge in [-0.05, 0) is 108 Å². The van der Waals surface area contributed by atoms with Crippen LogP contribution in [-0.2, 0) is 16.1 Å². The lowest BCUT2D eigenvalue weighted by atomic mass is 9.86. The summed E-state index contributed by atoms with van der Waals surface area (Å²) in [6, 6.07) is 22.7. The van der Waals surface area contributed by atoms with Gasteiger partial charge >= 0.3 is 0 Å². The largest absolute Gasteiger partial charge is 0.497 e. The number of carbonyl (C=O) groups excluding carboxylic acids is 3. The Balaban J connectivity index is 0.000000198. The Morgan fingerprint density at radius 3 is 1.91 bits per heavy atom. The van der Waals surface area contributed by atoms with Crippen molar-refractivity contribution < 1.29 is 19.1 Å². The zero-order valence-electron chi connectivity index (χ0n) is 30.0. The molecule has 3 saturated heterocycles. The highest BCUT2D eigenvalue weighted by molar-refractivity contribution is 9.11. The highest BCUT2D eigenvalue weighted by Crippen LogP contribution is 2.34. The van der Waals surface area contributed by atoms with Gasteiger partial charge in [0.15, 0.2) is 0 Å². The molecule has 0 aliphatic carbocycles. The van der Waals surface area contributed by atoms with Crippen molar-refractivity contribution in [3.05, 3.63) is 103 Å². The second kappa shape index (κ2) is 19.5. The van der Waals surface area contributed by atoms with E-state index >= 15 is 0 Å². The van der Waals surface area contributed by atoms with Gasteiger partial charge in [-0.15, -0.1) is 0 Å². The second-order valence-corrected chi connectivity index (χ2v) is 17.6. The third-order valence-electron chi connectivity index (χ3n) is 9.02.